The monoisotopic (exact) mass is 399 g/mol. The van der Waals surface area contributed by atoms with Gasteiger partial charge in [-0.3, -0.25) is 19.4 Å². The number of carbonyl (C=O) groups excluding carboxylic acids is 2. The van der Waals surface area contributed by atoms with Crippen LogP contribution in [-0.2, 0) is 9.59 Å². The Morgan fingerprint density at radius 1 is 1.00 bits per heavy atom. The van der Waals surface area contributed by atoms with Crippen LogP contribution in [0.15, 0.2) is 18.5 Å². The maximum atomic E-state index is 13.1. The molecule has 0 aromatic carbocycles. The lowest BCUT2D eigenvalue weighted by molar-refractivity contribution is -0.167. The fourth-order valence-corrected chi connectivity index (χ4v) is 5.34. The summed E-state index contributed by atoms with van der Waals surface area (Å²) in [6.45, 7) is 11.7. The number of hydrogen-bond acceptors (Lipinski definition) is 6. The minimum absolute atomic E-state index is 0.00140. The van der Waals surface area contributed by atoms with Gasteiger partial charge in [0, 0.05) is 51.0 Å². The fourth-order valence-electron chi connectivity index (χ4n) is 5.34. The number of imide groups is 1. The lowest BCUT2D eigenvalue weighted by Gasteiger charge is -2.47. The molecule has 2 atom stereocenters. The van der Waals surface area contributed by atoms with Crippen LogP contribution in [0.5, 0.6) is 0 Å². The van der Waals surface area contributed by atoms with E-state index in [1.54, 1.807) is 17.3 Å². The van der Waals surface area contributed by atoms with E-state index in [-0.39, 0.29) is 28.6 Å². The lowest BCUT2D eigenvalue weighted by Crippen LogP contribution is -2.59. The molecule has 4 rings (SSSR count). The molecule has 7 nitrogen and oxygen atoms in total. The second kappa shape index (κ2) is 7.67. The standard InChI is InChI=1S/C22H33N5O2/c1-21(2)17-7-8-22(21,3)19(29)27(18(17)28)12-5-4-11-25-13-15-26(16-14-25)20-23-9-6-10-24-20/h6,9-10,17H,4-5,7-8,11-16H2,1-3H3. The molecule has 3 aliphatic rings. The highest BCUT2D eigenvalue weighted by molar-refractivity contribution is 6.03. The van der Waals surface area contributed by atoms with Crippen molar-refractivity contribution in [2.24, 2.45) is 16.7 Å². The average molecular weight is 400 g/mol. The molecule has 1 aromatic rings. The number of anilines is 1. The zero-order valence-corrected chi connectivity index (χ0v) is 17.9. The third-order valence-corrected chi connectivity index (χ3v) is 7.82. The summed E-state index contributed by atoms with van der Waals surface area (Å²) < 4.78 is 0. The molecule has 0 N–H and O–H groups in total. The zero-order chi connectivity index (χ0) is 20.6. The SMILES string of the molecule is CC12CCC(C(=O)N(CCCCN3CCN(c4ncccn4)CC3)C1=O)C2(C)C. The van der Waals surface area contributed by atoms with E-state index in [1.807, 2.05) is 6.07 Å². The van der Waals surface area contributed by atoms with Gasteiger partial charge in [-0.05, 0) is 43.7 Å². The van der Waals surface area contributed by atoms with Crippen molar-refractivity contribution < 1.29 is 9.59 Å². The number of piperazine rings is 1. The van der Waals surface area contributed by atoms with Crippen LogP contribution in [0.25, 0.3) is 0 Å². The third-order valence-electron chi connectivity index (χ3n) is 7.82. The number of piperidine rings is 1. The topological polar surface area (TPSA) is 69.6 Å². The number of fused-ring (bicyclic) bond motifs is 2. The smallest absolute Gasteiger partial charge is 0.235 e. The van der Waals surface area contributed by atoms with Crippen molar-refractivity contribution in [2.45, 2.75) is 46.5 Å². The molecule has 1 saturated carbocycles. The van der Waals surface area contributed by atoms with Gasteiger partial charge in [-0.1, -0.05) is 20.8 Å². The Hall–Kier alpha value is -2.02. The Balaban J connectivity index is 1.23. The summed E-state index contributed by atoms with van der Waals surface area (Å²) in [6.07, 6.45) is 7.13. The van der Waals surface area contributed by atoms with Gasteiger partial charge in [0.2, 0.25) is 17.8 Å². The molecule has 0 radical (unpaired) electrons. The lowest BCUT2D eigenvalue weighted by atomic mass is 9.62. The highest BCUT2D eigenvalue weighted by Gasteiger charge is 2.64. The molecule has 158 valence electrons. The number of unbranched alkanes of at least 4 members (excludes halogenated alkanes) is 1. The van der Waals surface area contributed by atoms with Crippen molar-refractivity contribution in [1.29, 1.82) is 0 Å². The van der Waals surface area contributed by atoms with E-state index in [4.69, 9.17) is 0 Å². The first-order chi connectivity index (χ1) is 13.8. The Morgan fingerprint density at radius 3 is 2.34 bits per heavy atom. The molecule has 2 unspecified atom stereocenters. The fraction of sp³-hybridized carbons (Fsp3) is 0.727. The largest absolute Gasteiger partial charge is 0.338 e. The van der Waals surface area contributed by atoms with Crippen molar-refractivity contribution in [3.63, 3.8) is 0 Å². The van der Waals surface area contributed by atoms with Crippen LogP contribution in [0.4, 0.5) is 5.95 Å². The number of aromatic nitrogens is 2. The van der Waals surface area contributed by atoms with Crippen molar-refractivity contribution in [2.75, 3.05) is 44.2 Å². The van der Waals surface area contributed by atoms with Crippen molar-refractivity contribution in [3.05, 3.63) is 18.5 Å². The normalized spacial score (nSPS) is 29.6. The quantitative estimate of drug-likeness (QED) is 0.540. The Labute approximate surface area is 173 Å². The Morgan fingerprint density at radius 2 is 1.66 bits per heavy atom. The second-order valence-corrected chi connectivity index (χ2v) is 9.52. The van der Waals surface area contributed by atoms with E-state index >= 15 is 0 Å². The molecule has 2 amide bonds. The number of rotatable bonds is 6. The Bertz CT molecular complexity index is 760. The summed E-state index contributed by atoms with van der Waals surface area (Å²) in [7, 11) is 0. The number of nitrogens with zero attached hydrogens (tertiary/aromatic N) is 5. The summed E-state index contributed by atoms with van der Waals surface area (Å²) in [5.74, 6) is 0.919. The van der Waals surface area contributed by atoms with Gasteiger partial charge in [0.15, 0.2) is 0 Å². The van der Waals surface area contributed by atoms with Crippen LogP contribution in [-0.4, -0.2) is 70.9 Å². The van der Waals surface area contributed by atoms with Crippen LogP contribution in [0.1, 0.15) is 46.5 Å². The zero-order valence-electron chi connectivity index (χ0n) is 17.9. The first kappa shape index (κ1) is 20.3. The van der Waals surface area contributed by atoms with Gasteiger partial charge in [-0.25, -0.2) is 9.97 Å². The highest BCUT2D eigenvalue weighted by atomic mass is 16.2. The van der Waals surface area contributed by atoms with Crippen molar-refractivity contribution in [3.8, 4) is 0 Å². The molecular weight excluding hydrogens is 366 g/mol. The molecule has 2 saturated heterocycles. The van der Waals surface area contributed by atoms with E-state index < -0.39 is 0 Å². The van der Waals surface area contributed by atoms with Gasteiger partial charge >= 0.3 is 0 Å². The molecule has 2 aliphatic heterocycles. The van der Waals surface area contributed by atoms with Crippen LogP contribution in [0, 0.1) is 16.7 Å². The van der Waals surface area contributed by atoms with Crippen molar-refractivity contribution in [1.82, 2.24) is 19.8 Å². The number of amides is 2. The van der Waals surface area contributed by atoms with Crippen LogP contribution >= 0.6 is 0 Å². The predicted octanol–water partition coefficient (Wildman–Crippen LogP) is 2.19. The van der Waals surface area contributed by atoms with E-state index in [0.29, 0.717) is 6.54 Å². The molecule has 1 aliphatic carbocycles. The molecule has 2 bridgehead atoms. The molecule has 0 spiro atoms. The molecular formula is C22H33N5O2. The summed E-state index contributed by atoms with van der Waals surface area (Å²) in [5.41, 5.74) is -0.610. The van der Waals surface area contributed by atoms with Crippen LogP contribution in [0.2, 0.25) is 0 Å². The minimum Gasteiger partial charge on any atom is -0.338 e. The molecule has 7 heteroatoms. The van der Waals surface area contributed by atoms with E-state index in [2.05, 4.69) is 40.5 Å². The Kier molecular flexibility index (Phi) is 5.36. The van der Waals surface area contributed by atoms with E-state index in [9.17, 15) is 9.59 Å². The average Bonchev–Trinajstić information content (AvgIpc) is 2.92. The highest BCUT2D eigenvalue weighted by Crippen LogP contribution is 2.60. The first-order valence-corrected chi connectivity index (χ1v) is 10.9. The second-order valence-electron chi connectivity index (χ2n) is 9.52. The first-order valence-electron chi connectivity index (χ1n) is 10.9. The summed E-state index contributed by atoms with van der Waals surface area (Å²) in [6, 6.07) is 1.84. The van der Waals surface area contributed by atoms with E-state index in [0.717, 1.165) is 64.4 Å². The van der Waals surface area contributed by atoms with E-state index in [1.165, 1.54) is 0 Å². The van der Waals surface area contributed by atoms with Crippen LogP contribution in [0.3, 0.4) is 0 Å². The maximum absolute atomic E-state index is 13.1. The summed E-state index contributed by atoms with van der Waals surface area (Å²) in [5, 5.41) is 0. The summed E-state index contributed by atoms with van der Waals surface area (Å²) in [4.78, 5) is 40.9. The van der Waals surface area contributed by atoms with Crippen molar-refractivity contribution >= 4 is 17.8 Å². The van der Waals surface area contributed by atoms with Gasteiger partial charge < -0.3 is 4.90 Å². The maximum Gasteiger partial charge on any atom is 0.235 e. The number of carbonyl (C=O) groups is 2. The molecule has 1 aromatic heterocycles. The minimum atomic E-state index is -0.387. The number of likely N-dealkylation sites (tertiary alicyclic amines) is 1. The van der Waals surface area contributed by atoms with Gasteiger partial charge in [0.1, 0.15) is 0 Å². The summed E-state index contributed by atoms with van der Waals surface area (Å²) >= 11 is 0. The molecule has 3 heterocycles. The van der Waals surface area contributed by atoms with Gasteiger partial charge in [0.25, 0.3) is 0 Å². The molecule has 29 heavy (non-hydrogen) atoms. The van der Waals surface area contributed by atoms with Gasteiger partial charge in [-0.2, -0.15) is 0 Å². The third kappa shape index (κ3) is 3.43. The van der Waals surface area contributed by atoms with Crippen LogP contribution < -0.4 is 4.90 Å². The van der Waals surface area contributed by atoms with Gasteiger partial charge in [-0.15, -0.1) is 0 Å². The van der Waals surface area contributed by atoms with Gasteiger partial charge in [0.05, 0.1) is 5.41 Å². The molecule has 3 fully saturated rings. The number of hydrogen-bond donors (Lipinski definition) is 0. The predicted molar refractivity (Wildman–Crippen MR) is 111 cm³/mol.